The summed E-state index contributed by atoms with van der Waals surface area (Å²) in [7, 11) is 0. The predicted molar refractivity (Wildman–Crippen MR) is 45.9 cm³/mol. The number of carbonyl (C=O) groups is 1. The summed E-state index contributed by atoms with van der Waals surface area (Å²) in [5.74, 6) is -1.09. The van der Waals surface area contributed by atoms with Gasteiger partial charge in [-0.2, -0.15) is 4.91 Å². The Morgan fingerprint density at radius 1 is 1.42 bits per heavy atom. The number of carboxylic acid groups (broad SMARTS) is 1. The van der Waals surface area contributed by atoms with Gasteiger partial charge in [-0.05, 0) is 19.8 Å². The standard InChI is InChI=1S/C8H15NO3/c1-6(8(10)11)4-3-5-7(2)9-12/h6-7H,3-5H2,1-2H3,(H,10,11). The number of hydrogen-bond acceptors (Lipinski definition) is 3. The van der Waals surface area contributed by atoms with Crippen molar-refractivity contribution >= 4 is 5.97 Å². The highest BCUT2D eigenvalue weighted by molar-refractivity contribution is 5.69. The van der Waals surface area contributed by atoms with Crippen molar-refractivity contribution in [3.63, 3.8) is 0 Å². The fraction of sp³-hybridized carbons (Fsp3) is 0.875. The minimum absolute atomic E-state index is 0.189. The molecule has 0 aromatic carbocycles. The van der Waals surface area contributed by atoms with Crippen molar-refractivity contribution in [2.24, 2.45) is 11.1 Å². The Balaban J connectivity index is 3.43. The average molecular weight is 173 g/mol. The molecular weight excluding hydrogens is 158 g/mol. The summed E-state index contributed by atoms with van der Waals surface area (Å²) >= 11 is 0. The monoisotopic (exact) mass is 173 g/mol. The fourth-order valence-electron chi connectivity index (χ4n) is 0.896. The van der Waals surface area contributed by atoms with E-state index in [0.717, 1.165) is 6.42 Å². The van der Waals surface area contributed by atoms with Gasteiger partial charge in [0, 0.05) is 0 Å². The highest BCUT2D eigenvalue weighted by Crippen LogP contribution is 2.10. The van der Waals surface area contributed by atoms with E-state index in [1.54, 1.807) is 13.8 Å². The molecule has 0 saturated carbocycles. The van der Waals surface area contributed by atoms with Crippen molar-refractivity contribution in [2.45, 2.75) is 39.2 Å². The van der Waals surface area contributed by atoms with Crippen LogP contribution in [-0.4, -0.2) is 17.1 Å². The van der Waals surface area contributed by atoms with E-state index in [0.29, 0.717) is 12.8 Å². The van der Waals surface area contributed by atoms with Crippen molar-refractivity contribution in [3.05, 3.63) is 4.91 Å². The van der Waals surface area contributed by atoms with Gasteiger partial charge >= 0.3 is 5.97 Å². The lowest BCUT2D eigenvalue weighted by Gasteiger charge is -2.05. The Labute approximate surface area is 71.9 Å². The van der Waals surface area contributed by atoms with Gasteiger partial charge in [-0.1, -0.05) is 18.5 Å². The summed E-state index contributed by atoms with van der Waals surface area (Å²) in [5, 5.41) is 11.4. The van der Waals surface area contributed by atoms with Gasteiger partial charge in [0.25, 0.3) is 0 Å². The van der Waals surface area contributed by atoms with E-state index in [9.17, 15) is 9.70 Å². The lowest BCUT2D eigenvalue weighted by molar-refractivity contribution is -0.141. The minimum Gasteiger partial charge on any atom is -0.481 e. The van der Waals surface area contributed by atoms with Crippen LogP contribution in [0.3, 0.4) is 0 Å². The van der Waals surface area contributed by atoms with E-state index in [1.165, 1.54) is 0 Å². The molecule has 2 atom stereocenters. The van der Waals surface area contributed by atoms with Crippen LogP contribution in [0.4, 0.5) is 0 Å². The maximum absolute atomic E-state index is 10.4. The third-order valence-electron chi connectivity index (χ3n) is 1.86. The van der Waals surface area contributed by atoms with Crippen molar-refractivity contribution < 1.29 is 9.90 Å². The van der Waals surface area contributed by atoms with Crippen LogP contribution >= 0.6 is 0 Å². The Morgan fingerprint density at radius 2 is 2.00 bits per heavy atom. The van der Waals surface area contributed by atoms with E-state index in [2.05, 4.69) is 5.18 Å². The number of hydrogen-bond donors (Lipinski definition) is 1. The summed E-state index contributed by atoms with van der Waals surface area (Å²) < 4.78 is 0. The van der Waals surface area contributed by atoms with Gasteiger partial charge in [0.15, 0.2) is 0 Å². The summed E-state index contributed by atoms with van der Waals surface area (Å²) in [5.41, 5.74) is 0. The lowest BCUT2D eigenvalue weighted by atomic mass is 10.0. The van der Waals surface area contributed by atoms with Crippen molar-refractivity contribution in [3.8, 4) is 0 Å². The molecule has 0 bridgehead atoms. The molecule has 0 aliphatic rings. The molecule has 12 heavy (non-hydrogen) atoms. The molecule has 1 N–H and O–H groups in total. The SMILES string of the molecule is CC(CCCC(C)C(=O)O)N=O. The van der Waals surface area contributed by atoms with Crippen LogP contribution in [0.15, 0.2) is 5.18 Å². The molecule has 0 aliphatic heterocycles. The minimum atomic E-state index is -0.776. The summed E-state index contributed by atoms with van der Waals surface area (Å²) in [4.78, 5) is 20.3. The molecular formula is C8H15NO3. The molecule has 0 aromatic heterocycles. The molecule has 2 unspecified atom stereocenters. The van der Waals surface area contributed by atoms with Gasteiger partial charge in [-0.25, -0.2) is 0 Å². The molecule has 0 aromatic rings. The van der Waals surface area contributed by atoms with Crippen LogP contribution in [0, 0.1) is 10.8 Å². The number of rotatable bonds is 6. The lowest BCUT2D eigenvalue weighted by Crippen LogP contribution is -2.09. The maximum Gasteiger partial charge on any atom is 0.306 e. The summed E-state index contributed by atoms with van der Waals surface area (Å²) in [6.07, 6.45) is 2.05. The second-order valence-corrected chi connectivity index (χ2v) is 3.12. The van der Waals surface area contributed by atoms with E-state index in [-0.39, 0.29) is 12.0 Å². The molecule has 0 amide bonds. The van der Waals surface area contributed by atoms with E-state index in [4.69, 9.17) is 5.11 Å². The molecule has 0 heterocycles. The summed E-state index contributed by atoms with van der Waals surface area (Å²) in [6.45, 7) is 3.40. The highest BCUT2D eigenvalue weighted by Gasteiger charge is 2.10. The maximum atomic E-state index is 10.4. The second-order valence-electron chi connectivity index (χ2n) is 3.12. The molecule has 0 saturated heterocycles. The Kier molecular flexibility index (Phi) is 5.25. The molecule has 0 spiro atoms. The Bertz CT molecular complexity index is 158. The van der Waals surface area contributed by atoms with Crippen LogP contribution in [-0.2, 0) is 4.79 Å². The first-order valence-electron chi connectivity index (χ1n) is 4.13. The van der Waals surface area contributed by atoms with Crippen LogP contribution in [0.5, 0.6) is 0 Å². The van der Waals surface area contributed by atoms with E-state index in [1.807, 2.05) is 0 Å². The molecule has 0 rings (SSSR count). The predicted octanol–water partition coefficient (Wildman–Crippen LogP) is 2.03. The molecule has 4 heteroatoms. The topological polar surface area (TPSA) is 66.7 Å². The van der Waals surface area contributed by atoms with Gasteiger partial charge in [-0.15, -0.1) is 0 Å². The smallest absolute Gasteiger partial charge is 0.306 e. The quantitative estimate of drug-likeness (QED) is 0.625. The van der Waals surface area contributed by atoms with Crippen LogP contribution < -0.4 is 0 Å². The zero-order chi connectivity index (χ0) is 9.56. The first-order chi connectivity index (χ1) is 5.57. The third-order valence-corrected chi connectivity index (χ3v) is 1.86. The van der Waals surface area contributed by atoms with Gasteiger partial charge in [0.2, 0.25) is 0 Å². The zero-order valence-corrected chi connectivity index (χ0v) is 7.49. The van der Waals surface area contributed by atoms with Crippen LogP contribution in [0.2, 0.25) is 0 Å². The van der Waals surface area contributed by atoms with Crippen molar-refractivity contribution in [2.75, 3.05) is 0 Å². The van der Waals surface area contributed by atoms with Crippen LogP contribution in [0.1, 0.15) is 33.1 Å². The number of nitrogens with zero attached hydrogens (tertiary/aromatic N) is 1. The second kappa shape index (κ2) is 5.69. The van der Waals surface area contributed by atoms with Gasteiger partial charge in [-0.3, -0.25) is 4.79 Å². The van der Waals surface area contributed by atoms with E-state index < -0.39 is 5.97 Å². The highest BCUT2D eigenvalue weighted by atomic mass is 16.4. The molecule has 0 aliphatic carbocycles. The average Bonchev–Trinajstić information content (AvgIpc) is 2.03. The molecule has 0 fully saturated rings. The van der Waals surface area contributed by atoms with Crippen molar-refractivity contribution in [1.82, 2.24) is 0 Å². The largest absolute Gasteiger partial charge is 0.481 e. The molecule has 70 valence electrons. The first kappa shape index (κ1) is 11.1. The fourth-order valence-corrected chi connectivity index (χ4v) is 0.896. The number of nitroso groups, excluding NO2 is 1. The van der Waals surface area contributed by atoms with Crippen LogP contribution in [0.25, 0.3) is 0 Å². The first-order valence-corrected chi connectivity index (χ1v) is 4.13. The number of carboxylic acids is 1. The van der Waals surface area contributed by atoms with E-state index >= 15 is 0 Å². The van der Waals surface area contributed by atoms with Gasteiger partial charge in [0.05, 0.1) is 12.0 Å². The third kappa shape index (κ3) is 4.82. The Morgan fingerprint density at radius 3 is 2.42 bits per heavy atom. The molecule has 0 radical (unpaired) electrons. The zero-order valence-electron chi connectivity index (χ0n) is 7.49. The Hall–Kier alpha value is -0.930. The van der Waals surface area contributed by atoms with Gasteiger partial charge < -0.3 is 5.11 Å². The van der Waals surface area contributed by atoms with Crippen molar-refractivity contribution in [1.29, 1.82) is 0 Å². The summed E-state index contributed by atoms with van der Waals surface area (Å²) in [6, 6.07) is -0.189. The normalized spacial score (nSPS) is 15.2. The van der Waals surface area contributed by atoms with Gasteiger partial charge in [0.1, 0.15) is 0 Å². The molecule has 4 nitrogen and oxygen atoms in total. The number of aliphatic carboxylic acids is 1.